The zero-order valence-corrected chi connectivity index (χ0v) is 10.0. The maximum absolute atomic E-state index is 9.31. The Morgan fingerprint density at radius 3 is 2.54 bits per heavy atom. The van der Waals surface area contributed by atoms with E-state index in [1.165, 1.54) is 0 Å². The molecule has 13 heavy (non-hydrogen) atoms. The SMILES string of the molecule is Oc1cccc2cccnc12.[Ca+2].[Cu].[H-].[H-]. The van der Waals surface area contributed by atoms with Gasteiger partial charge in [0.05, 0.1) is 0 Å². The molecule has 0 saturated carbocycles. The van der Waals surface area contributed by atoms with E-state index in [1.54, 1.807) is 18.3 Å². The topological polar surface area (TPSA) is 33.1 Å². The summed E-state index contributed by atoms with van der Waals surface area (Å²) in [6.45, 7) is 0. The second kappa shape index (κ2) is 5.84. The largest absolute Gasteiger partial charge is 2.00 e. The molecule has 2 rings (SSSR count). The molecule has 0 bridgehead atoms. The third kappa shape index (κ3) is 2.83. The molecule has 1 radical (unpaired) electrons. The zero-order valence-electron chi connectivity index (χ0n) is 8.87. The van der Waals surface area contributed by atoms with E-state index < -0.39 is 0 Å². The van der Waals surface area contributed by atoms with Gasteiger partial charge in [0, 0.05) is 28.7 Å². The zero-order chi connectivity index (χ0) is 7.68. The number of fused-ring (bicyclic) bond motifs is 1. The molecule has 0 aliphatic carbocycles. The van der Waals surface area contributed by atoms with Gasteiger partial charge in [-0.25, -0.2) is 0 Å². The van der Waals surface area contributed by atoms with Crippen LogP contribution in [0.3, 0.4) is 0 Å². The van der Waals surface area contributed by atoms with Crippen molar-refractivity contribution in [1.29, 1.82) is 0 Å². The normalized spacial score (nSPS) is 8.62. The van der Waals surface area contributed by atoms with Crippen molar-refractivity contribution >= 4 is 48.6 Å². The summed E-state index contributed by atoms with van der Waals surface area (Å²) < 4.78 is 0. The van der Waals surface area contributed by atoms with Crippen LogP contribution in [0.15, 0.2) is 36.5 Å². The van der Waals surface area contributed by atoms with Crippen molar-refractivity contribution < 1.29 is 25.0 Å². The number of nitrogens with zero attached hydrogens (tertiary/aromatic N) is 1. The van der Waals surface area contributed by atoms with Gasteiger partial charge in [0.1, 0.15) is 11.3 Å². The third-order valence-electron chi connectivity index (χ3n) is 1.61. The third-order valence-corrected chi connectivity index (χ3v) is 1.61. The summed E-state index contributed by atoms with van der Waals surface area (Å²) in [7, 11) is 0. The van der Waals surface area contributed by atoms with E-state index in [-0.39, 0.29) is 63.4 Å². The predicted octanol–water partition coefficient (Wildman–Crippen LogP) is 1.78. The summed E-state index contributed by atoms with van der Waals surface area (Å²) in [6, 6.07) is 9.13. The van der Waals surface area contributed by atoms with Crippen LogP contribution >= 0.6 is 0 Å². The van der Waals surface area contributed by atoms with Gasteiger partial charge in [-0.1, -0.05) is 18.2 Å². The predicted molar refractivity (Wildman–Crippen MR) is 51.4 cm³/mol. The smallest absolute Gasteiger partial charge is 1.00 e. The number of hydrogen-bond acceptors (Lipinski definition) is 2. The van der Waals surface area contributed by atoms with Crippen molar-refractivity contribution in [3.63, 3.8) is 0 Å². The molecule has 0 saturated heterocycles. The number of pyridine rings is 1. The number of benzene rings is 1. The van der Waals surface area contributed by atoms with E-state index in [9.17, 15) is 5.11 Å². The second-order valence-corrected chi connectivity index (χ2v) is 2.35. The van der Waals surface area contributed by atoms with Gasteiger partial charge in [-0.05, 0) is 12.1 Å². The van der Waals surface area contributed by atoms with Crippen LogP contribution in [0.4, 0.5) is 0 Å². The van der Waals surface area contributed by atoms with Crippen molar-refractivity contribution in [2.45, 2.75) is 0 Å². The van der Waals surface area contributed by atoms with Crippen molar-refractivity contribution in [1.82, 2.24) is 4.98 Å². The van der Waals surface area contributed by atoms with Crippen molar-refractivity contribution in [2.24, 2.45) is 0 Å². The van der Waals surface area contributed by atoms with E-state index in [2.05, 4.69) is 4.98 Å². The summed E-state index contributed by atoms with van der Waals surface area (Å²) >= 11 is 0. The molecule has 0 aliphatic rings. The monoisotopic (exact) mass is 250 g/mol. The summed E-state index contributed by atoms with van der Waals surface area (Å²) in [5.74, 6) is 0.239. The van der Waals surface area contributed by atoms with Gasteiger partial charge in [-0.15, -0.1) is 0 Å². The molecule has 0 unspecified atom stereocenters. The second-order valence-electron chi connectivity index (χ2n) is 2.35. The molecule has 1 heterocycles. The Morgan fingerprint density at radius 1 is 1.15 bits per heavy atom. The minimum Gasteiger partial charge on any atom is -1.00 e. The molecular weight excluding hydrogens is 242 g/mol. The maximum atomic E-state index is 9.31. The molecular formula is C9H9CaCuNO. The Bertz CT molecular complexity index is 397. The molecule has 1 aromatic carbocycles. The summed E-state index contributed by atoms with van der Waals surface area (Å²) in [5.41, 5.74) is 0.662. The standard InChI is InChI=1S/C9H7NO.Ca.Cu.2H/c11-8-5-1-3-7-4-2-6-10-9(7)8;;;;/h1-6,11H;;;;/q;+2;;2*-1. The van der Waals surface area contributed by atoms with E-state index in [1.807, 2.05) is 18.2 Å². The van der Waals surface area contributed by atoms with Gasteiger partial charge in [0.15, 0.2) is 0 Å². The van der Waals surface area contributed by atoms with Crippen molar-refractivity contribution in [3.8, 4) is 5.75 Å². The minimum atomic E-state index is 0. The molecule has 1 aromatic heterocycles. The maximum Gasteiger partial charge on any atom is 2.00 e. The number of phenols is 1. The quantitative estimate of drug-likeness (QED) is 0.724. The molecule has 69 valence electrons. The van der Waals surface area contributed by atoms with Crippen LogP contribution in [0, 0.1) is 0 Å². The van der Waals surface area contributed by atoms with Crippen LogP contribution in [-0.4, -0.2) is 47.8 Å². The first-order valence-electron chi connectivity index (χ1n) is 3.40. The van der Waals surface area contributed by atoms with Gasteiger partial charge in [0.25, 0.3) is 0 Å². The summed E-state index contributed by atoms with van der Waals surface area (Å²) in [5, 5.41) is 10.3. The van der Waals surface area contributed by atoms with E-state index >= 15 is 0 Å². The first kappa shape index (κ1) is 13.2. The molecule has 0 amide bonds. The Balaban J connectivity index is -0.000000360. The molecule has 0 spiro atoms. The van der Waals surface area contributed by atoms with E-state index in [4.69, 9.17) is 0 Å². The van der Waals surface area contributed by atoms with Crippen LogP contribution in [0.1, 0.15) is 2.85 Å². The summed E-state index contributed by atoms with van der Waals surface area (Å²) in [6.07, 6.45) is 1.67. The van der Waals surface area contributed by atoms with Crippen LogP contribution < -0.4 is 0 Å². The van der Waals surface area contributed by atoms with Gasteiger partial charge >= 0.3 is 37.7 Å². The molecule has 2 nitrogen and oxygen atoms in total. The van der Waals surface area contributed by atoms with Crippen molar-refractivity contribution in [2.75, 3.05) is 0 Å². The van der Waals surface area contributed by atoms with Crippen LogP contribution in [0.5, 0.6) is 5.75 Å². The summed E-state index contributed by atoms with van der Waals surface area (Å²) in [4.78, 5) is 4.03. The van der Waals surface area contributed by atoms with E-state index in [0.29, 0.717) is 5.52 Å². The molecule has 0 atom stereocenters. The number of rotatable bonds is 0. The molecule has 0 aliphatic heterocycles. The Kier molecular flexibility index (Phi) is 5.93. The van der Waals surface area contributed by atoms with Crippen LogP contribution in [0.2, 0.25) is 0 Å². The molecule has 4 heteroatoms. The molecule has 2 aromatic rings. The number of para-hydroxylation sites is 1. The van der Waals surface area contributed by atoms with Gasteiger partial charge in [-0.3, -0.25) is 4.98 Å². The fourth-order valence-electron chi connectivity index (χ4n) is 1.09. The molecule has 0 fully saturated rings. The fraction of sp³-hybridized carbons (Fsp3) is 0. The van der Waals surface area contributed by atoms with Gasteiger partial charge in [0.2, 0.25) is 0 Å². The van der Waals surface area contributed by atoms with Gasteiger partial charge in [-0.2, -0.15) is 0 Å². The first-order valence-corrected chi connectivity index (χ1v) is 3.40. The molecule has 1 N–H and O–H groups in total. The van der Waals surface area contributed by atoms with Gasteiger partial charge < -0.3 is 7.96 Å². The average Bonchev–Trinajstić information content (AvgIpc) is 2.06. The first-order chi connectivity index (χ1) is 5.38. The van der Waals surface area contributed by atoms with Crippen molar-refractivity contribution in [3.05, 3.63) is 36.5 Å². The van der Waals surface area contributed by atoms with Crippen LogP contribution in [-0.2, 0) is 17.1 Å². The number of aromatic hydroxyl groups is 1. The number of aromatic nitrogens is 1. The Labute approximate surface area is 120 Å². The number of phenolic OH excluding ortho intramolecular Hbond substituents is 1. The minimum absolute atomic E-state index is 0. The average molecular weight is 251 g/mol. The number of hydrogen-bond donors (Lipinski definition) is 1. The van der Waals surface area contributed by atoms with E-state index in [0.717, 1.165) is 5.39 Å². The fourth-order valence-corrected chi connectivity index (χ4v) is 1.09. The Morgan fingerprint density at radius 2 is 1.85 bits per heavy atom. The Hall–Kier alpha value is 0.209. The van der Waals surface area contributed by atoms with Crippen LogP contribution in [0.25, 0.3) is 10.9 Å².